The van der Waals surface area contributed by atoms with E-state index in [-0.39, 0.29) is 0 Å². The first-order valence-corrected chi connectivity index (χ1v) is 27.0. The number of para-hydroxylation sites is 5. The topological polar surface area (TPSA) is 83.4 Å². The lowest BCUT2D eigenvalue weighted by atomic mass is 9.92. The van der Waals surface area contributed by atoms with Gasteiger partial charge in [-0.2, -0.15) is 0 Å². The lowest BCUT2D eigenvalue weighted by molar-refractivity contribution is 0.471. The van der Waals surface area contributed by atoms with Gasteiger partial charge >= 0.3 is 0 Å². The van der Waals surface area contributed by atoms with Crippen molar-refractivity contribution in [1.82, 2.24) is 19.5 Å². The van der Waals surface area contributed by atoms with E-state index in [2.05, 4.69) is 180 Å². The third-order valence-corrected chi connectivity index (χ3v) is 13.4. The van der Waals surface area contributed by atoms with Crippen molar-refractivity contribution in [3.8, 4) is 62.1 Å². The molecule has 3 aromatic heterocycles. The molecule has 0 amide bonds. The Morgan fingerprint density at radius 1 is 0.434 bits per heavy atom. The molecule has 8 heteroatoms. The third-order valence-electron chi connectivity index (χ3n) is 13.4. The maximum absolute atomic E-state index is 6.91. The summed E-state index contributed by atoms with van der Waals surface area (Å²) in [6.07, 6.45) is 23.6. The molecule has 9 rings (SSSR count). The Hall–Kier alpha value is -8.36. The molecule has 0 saturated carbocycles. The zero-order valence-corrected chi connectivity index (χ0v) is 45.4. The van der Waals surface area contributed by atoms with E-state index in [0.29, 0.717) is 23.0 Å². The molecule has 8 nitrogen and oxygen atoms in total. The van der Waals surface area contributed by atoms with Crippen molar-refractivity contribution < 1.29 is 18.9 Å². The molecule has 0 unspecified atom stereocenters. The molecule has 2 aliphatic heterocycles. The first-order valence-electron chi connectivity index (χ1n) is 27.0. The SMILES string of the molecule is CCCC(C)=COc1ccccc1-c1c(-c2ccccc2OC=C(C)CCC)c2c(-c3ccccc3OC=C(C)CCC)c3nc(cc4ccc(cc5nc(cc1n2-c1ccccc1OC=C(C)CCC)C=C5)[nH]4)C=C3. The number of aromatic nitrogens is 4. The van der Waals surface area contributed by atoms with E-state index in [1.165, 1.54) is 0 Å². The summed E-state index contributed by atoms with van der Waals surface area (Å²) < 4.78 is 29.9. The van der Waals surface area contributed by atoms with Crippen LogP contribution >= 0.6 is 0 Å². The maximum Gasteiger partial charge on any atom is 0.150 e. The zero-order chi connectivity index (χ0) is 53.0. The smallest absolute Gasteiger partial charge is 0.150 e. The van der Waals surface area contributed by atoms with Crippen LogP contribution in [0.3, 0.4) is 0 Å². The minimum Gasteiger partial charge on any atom is -0.464 e. The van der Waals surface area contributed by atoms with Gasteiger partial charge in [0.15, 0.2) is 5.75 Å². The molecule has 0 atom stereocenters. The Bertz CT molecular complexity index is 3600. The van der Waals surface area contributed by atoms with Crippen LogP contribution < -0.4 is 18.9 Å². The van der Waals surface area contributed by atoms with Crippen molar-refractivity contribution in [1.29, 1.82) is 0 Å². The predicted molar refractivity (Wildman–Crippen MR) is 317 cm³/mol. The quantitative estimate of drug-likeness (QED) is 0.0766. The van der Waals surface area contributed by atoms with E-state index < -0.39 is 0 Å². The summed E-state index contributed by atoms with van der Waals surface area (Å²) in [6, 6.07) is 43.8. The average Bonchev–Trinajstić information content (AvgIpc) is 4.29. The van der Waals surface area contributed by atoms with Gasteiger partial charge < -0.3 is 28.5 Å². The van der Waals surface area contributed by atoms with Crippen LogP contribution in [0.15, 0.2) is 175 Å². The Kier molecular flexibility index (Phi) is 17.1. The van der Waals surface area contributed by atoms with Gasteiger partial charge in [0.1, 0.15) is 17.2 Å². The summed E-state index contributed by atoms with van der Waals surface area (Å²) in [6.45, 7) is 17.2. The van der Waals surface area contributed by atoms with Gasteiger partial charge in [0.2, 0.25) is 0 Å². The summed E-state index contributed by atoms with van der Waals surface area (Å²) in [5.41, 5.74) is 17.2. The van der Waals surface area contributed by atoms with Gasteiger partial charge in [-0.05, 0) is 161 Å². The van der Waals surface area contributed by atoms with E-state index in [9.17, 15) is 0 Å². The Balaban J connectivity index is 1.60. The molecule has 386 valence electrons. The van der Waals surface area contributed by atoms with E-state index in [1.807, 2.05) is 61.4 Å². The highest BCUT2D eigenvalue weighted by Crippen LogP contribution is 2.53. The van der Waals surface area contributed by atoms with Crippen molar-refractivity contribution in [2.24, 2.45) is 0 Å². The number of nitrogens with zero attached hydrogens (tertiary/aromatic N) is 3. The standard InChI is InChI=1S/C68H70N4O4/c1-9-21-46(5)42-73-61-29-17-13-25-55(61)65-58-38-37-53(71-58)40-52-34-33-50(69-52)39-51-35-36-54(70-51)41-60-66(56-26-14-18-30-62(56)74-43-47(6)22-10-2)67(57-27-15-19-31-63(57)75-44-48(7)23-11-3)68(65)72(60)59-28-16-20-32-64(59)76-45-49(8)24-12-4/h13-20,25-45,69H,9-12,21-24H2,1-8H3. The van der Waals surface area contributed by atoms with Gasteiger partial charge in [-0.25, -0.2) is 9.97 Å². The molecule has 0 aliphatic carbocycles. The molecule has 7 aromatic rings. The van der Waals surface area contributed by atoms with Gasteiger partial charge in [-0.15, -0.1) is 0 Å². The molecule has 5 heterocycles. The van der Waals surface area contributed by atoms with Crippen molar-refractivity contribution in [3.05, 3.63) is 198 Å². The minimum atomic E-state index is 0.666. The van der Waals surface area contributed by atoms with E-state index >= 15 is 0 Å². The van der Waals surface area contributed by atoms with Crippen LogP contribution in [0.4, 0.5) is 0 Å². The summed E-state index contributed by atoms with van der Waals surface area (Å²) in [7, 11) is 0. The summed E-state index contributed by atoms with van der Waals surface area (Å²) in [5.74, 6) is 2.73. The number of H-pyrrole nitrogens is 1. The third kappa shape index (κ3) is 12.1. The van der Waals surface area contributed by atoms with Gasteiger partial charge in [0.25, 0.3) is 0 Å². The predicted octanol–water partition coefficient (Wildman–Crippen LogP) is 19.4. The number of aromatic amines is 1. The van der Waals surface area contributed by atoms with Crippen LogP contribution in [0, 0.1) is 0 Å². The van der Waals surface area contributed by atoms with Gasteiger partial charge in [0, 0.05) is 44.4 Å². The Morgan fingerprint density at radius 2 is 0.829 bits per heavy atom. The van der Waals surface area contributed by atoms with Gasteiger partial charge in [-0.1, -0.05) is 120 Å². The minimum absolute atomic E-state index is 0.666. The van der Waals surface area contributed by atoms with Crippen LogP contribution in [0.5, 0.6) is 23.0 Å². The number of allylic oxidation sites excluding steroid dienone is 4. The highest BCUT2D eigenvalue weighted by Gasteiger charge is 2.30. The van der Waals surface area contributed by atoms with Crippen molar-refractivity contribution in [3.63, 3.8) is 0 Å². The Labute approximate surface area is 449 Å². The second-order valence-electron chi connectivity index (χ2n) is 19.8. The van der Waals surface area contributed by atoms with Crippen LogP contribution in [-0.4, -0.2) is 19.5 Å². The van der Waals surface area contributed by atoms with E-state index in [1.54, 1.807) is 0 Å². The molecule has 2 aliphatic rings. The van der Waals surface area contributed by atoms with Gasteiger partial charge in [-0.3, -0.25) is 0 Å². The van der Waals surface area contributed by atoms with Crippen LogP contribution in [0.1, 0.15) is 130 Å². The monoisotopic (exact) mass is 1010 g/mol. The molecule has 0 spiro atoms. The van der Waals surface area contributed by atoms with E-state index in [0.717, 1.165) is 158 Å². The van der Waals surface area contributed by atoms with Crippen LogP contribution in [-0.2, 0) is 0 Å². The number of rotatable bonds is 20. The van der Waals surface area contributed by atoms with Gasteiger partial charge in [0.05, 0.1) is 64.5 Å². The van der Waals surface area contributed by atoms with E-state index in [4.69, 9.17) is 28.9 Å². The fraction of sp³-hybridized carbons (Fsp3) is 0.235. The zero-order valence-electron chi connectivity index (χ0n) is 45.4. The number of benzene rings is 4. The fourth-order valence-corrected chi connectivity index (χ4v) is 9.88. The van der Waals surface area contributed by atoms with Crippen molar-refractivity contribution in [2.45, 2.75) is 107 Å². The first-order chi connectivity index (χ1) is 37.2. The number of ether oxygens (including phenoxy) is 4. The highest BCUT2D eigenvalue weighted by atomic mass is 16.5. The molecule has 4 aromatic carbocycles. The van der Waals surface area contributed by atoms with Crippen LogP contribution in [0.25, 0.3) is 85.4 Å². The highest BCUT2D eigenvalue weighted by molar-refractivity contribution is 6.13. The molecule has 76 heavy (non-hydrogen) atoms. The largest absolute Gasteiger partial charge is 0.464 e. The number of nitrogens with one attached hydrogen (secondary N) is 1. The first kappa shape index (κ1) is 52.5. The summed E-state index contributed by atoms with van der Waals surface area (Å²) >= 11 is 0. The number of hydrogen-bond donors (Lipinski definition) is 1. The summed E-state index contributed by atoms with van der Waals surface area (Å²) in [5, 5.41) is 0. The molecule has 8 bridgehead atoms. The average molecular weight is 1010 g/mol. The second kappa shape index (κ2) is 24.8. The molecular weight excluding hydrogens is 937 g/mol. The normalized spacial score (nSPS) is 12.8. The van der Waals surface area contributed by atoms with Crippen molar-refractivity contribution in [2.75, 3.05) is 0 Å². The van der Waals surface area contributed by atoms with Crippen LogP contribution in [0.2, 0.25) is 0 Å². The lowest BCUT2D eigenvalue weighted by Crippen LogP contribution is -2.01. The lowest BCUT2D eigenvalue weighted by Gasteiger charge is -2.18. The molecule has 0 radical (unpaired) electrons. The molecule has 0 saturated heterocycles. The van der Waals surface area contributed by atoms with Crippen molar-refractivity contribution >= 4 is 46.4 Å². The number of hydrogen-bond acceptors (Lipinski definition) is 6. The molecular formula is C68H70N4O4. The summed E-state index contributed by atoms with van der Waals surface area (Å²) in [4.78, 5) is 14.5. The Morgan fingerprint density at radius 3 is 1.33 bits per heavy atom. The molecule has 0 fully saturated rings. The fourth-order valence-electron chi connectivity index (χ4n) is 9.88. The second-order valence-corrected chi connectivity index (χ2v) is 19.8. The molecule has 1 N–H and O–H groups in total. The number of fused-ring (bicyclic) bond motifs is 8. The maximum atomic E-state index is 6.91.